The lowest BCUT2D eigenvalue weighted by Gasteiger charge is -2.51. The molecular formula is C41H53N7O4SSi. The maximum atomic E-state index is 12.3. The molecule has 11 nitrogen and oxygen atoms in total. The molecule has 1 saturated heterocycles. The molecule has 1 fully saturated rings. The van der Waals surface area contributed by atoms with Crippen molar-refractivity contribution in [3.8, 4) is 17.1 Å². The molecule has 13 heteroatoms. The van der Waals surface area contributed by atoms with Crippen LogP contribution in [0.4, 0.5) is 17.3 Å². The van der Waals surface area contributed by atoms with Gasteiger partial charge in [-0.15, -0.1) is 0 Å². The number of nitrogens with one attached hydrogen (secondary N) is 1. The zero-order valence-corrected chi connectivity index (χ0v) is 34.7. The Kier molecular flexibility index (Phi) is 11.4. The minimum Gasteiger partial charge on any atom is -0.488 e. The highest BCUT2D eigenvalue weighted by molar-refractivity contribution is 7.88. The van der Waals surface area contributed by atoms with Crippen molar-refractivity contribution in [3.05, 3.63) is 96.6 Å². The van der Waals surface area contributed by atoms with Crippen molar-refractivity contribution in [3.63, 3.8) is 0 Å². The van der Waals surface area contributed by atoms with Crippen molar-refractivity contribution in [2.24, 2.45) is 0 Å². The number of pyridine rings is 2. The second-order valence-corrected chi connectivity index (χ2v) is 22.7. The first-order valence-corrected chi connectivity index (χ1v) is 23.3. The summed E-state index contributed by atoms with van der Waals surface area (Å²) in [5, 5.41) is 5.66. The van der Waals surface area contributed by atoms with E-state index in [0.29, 0.717) is 48.5 Å². The molecular weight excluding hydrogens is 715 g/mol. The number of rotatable bonds is 14. The third-order valence-corrected chi connectivity index (χ3v) is 17.0. The van der Waals surface area contributed by atoms with Gasteiger partial charge in [-0.2, -0.15) is 4.31 Å². The van der Waals surface area contributed by atoms with Crippen LogP contribution in [0.25, 0.3) is 22.2 Å². The fraction of sp³-hybridized carbons (Fsp3) is 0.415. The Morgan fingerprint density at radius 3 is 2.46 bits per heavy atom. The van der Waals surface area contributed by atoms with Crippen LogP contribution in [0, 0.1) is 0 Å². The average Bonchev–Trinajstić information content (AvgIpc) is 3.13. The van der Waals surface area contributed by atoms with Gasteiger partial charge in [-0.25, -0.2) is 23.4 Å². The molecule has 1 aliphatic heterocycles. The van der Waals surface area contributed by atoms with E-state index in [2.05, 4.69) is 86.1 Å². The summed E-state index contributed by atoms with van der Waals surface area (Å²) in [6.45, 7) is 17.4. The summed E-state index contributed by atoms with van der Waals surface area (Å²) in [6.07, 6.45) is 9.17. The Morgan fingerprint density at radius 2 is 1.76 bits per heavy atom. The van der Waals surface area contributed by atoms with Crippen LogP contribution in [0.3, 0.4) is 0 Å². The Balaban J connectivity index is 1.29. The van der Waals surface area contributed by atoms with Gasteiger partial charge in [0, 0.05) is 62.1 Å². The van der Waals surface area contributed by atoms with Gasteiger partial charge in [0.25, 0.3) is 0 Å². The van der Waals surface area contributed by atoms with Crippen molar-refractivity contribution in [2.45, 2.75) is 83.8 Å². The van der Waals surface area contributed by atoms with Gasteiger partial charge in [-0.3, -0.25) is 4.98 Å². The predicted molar refractivity (Wildman–Crippen MR) is 220 cm³/mol. The normalized spacial score (nSPS) is 17.0. The smallest absolute Gasteiger partial charge is 0.211 e. The number of fused-ring (bicyclic) bond motifs is 1. The van der Waals surface area contributed by atoms with Crippen molar-refractivity contribution in [1.29, 1.82) is 0 Å². The fourth-order valence-corrected chi connectivity index (χ4v) is 8.33. The highest BCUT2D eigenvalue weighted by Crippen LogP contribution is 2.41. The first-order chi connectivity index (χ1) is 25.5. The summed E-state index contributed by atoms with van der Waals surface area (Å²) in [5.41, 5.74) is 3.98. The molecule has 286 valence electrons. The highest BCUT2D eigenvalue weighted by Gasteiger charge is 2.42. The van der Waals surface area contributed by atoms with Gasteiger partial charge in [-0.05, 0) is 78.2 Å². The molecule has 4 heterocycles. The number of anilines is 3. The topological polar surface area (TPSA) is 123 Å². The molecule has 0 aliphatic carbocycles. The first-order valence-electron chi connectivity index (χ1n) is 18.5. The van der Waals surface area contributed by atoms with Crippen molar-refractivity contribution < 1.29 is 17.6 Å². The number of benzene rings is 2. The molecule has 0 amide bonds. The highest BCUT2D eigenvalue weighted by atomic mass is 32.2. The molecule has 3 aromatic heterocycles. The second-order valence-electron chi connectivity index (χ2n) is 15.9. The van der Waals surface area contributed by atoms with Crippen molar-refractivity contribution in [1.82, 2.24) is 24.2 Å². The summed E-state index contributed by atoms with van der Waals surface area (Å²) in [4.78, 5) is 20.9. The van der Waals surface area contributed by atoms with Crippen LogP contribution in [0.1, 0.15) is 58.1 Å². The first kappa shape index (κ1) is 39.3. The van der Waals surface area contributed by atoms with Crippen LogP contribution in [-0.4, -0.2) is 79.5 Å². The quantitative estimate of drug-likeness (QED) is 0.110. The number of hydrogen-bond acceptors (Lipinski definition) is 10. The maximum absolute atomic E-state index is 12.3. The number of likely N-dealkylation sites (N-methyl/N-ethyl adjacent to an activating group) is 1. The van der Waals surface area contributed by atoms with E-state index >= 15 is 0 Å². The third-order valence-electron chi connectivity index (χ3n) is 11.2. The molecule has 0 spiro atoms. The lowest BCUT2D eigenvalue weighted by molar-refractivity contribution is 0.251. The van der Waals surface area contributed by atoms with E-state index in [1.807, 2.05) is 48.7 Å². The lowest BCUT2D eigenvalue weighted by Crippen LogP contribution is -2.65. The third kappa shape index (κ3) is 8.59. The molecule has 0 saturated carbocycles. The van der Waals surface area contributed by atoms with E-state index in [1.54, 1.807) is 25.6 Å². The second kappa shape index (κ2) is 15.7. The average molecular weight is 768 g/mol. The molecule has 1 N–H and O–H groups in total. The monoisotopic (exact) mass is 767 g/mol. The van der Waals surface area contributed by atoms with Gasteiger partial charge in [0.05, 0.1) is 17.9 Å². The largest absolute Gasteiger partial charge is 0.488 e. The fourth-order valence-electron chi connectivity index (χ4n) is 6.53. The van der Waals surface area contributed by atoms with Crippen molar-refractivity contribution >= 4 is 46.4 Å². The molecule has 54 heavy (non-hydrogen) atoms. The SMILES string of the molecule is CC(CCO[Si](C)(C)C(C)(C)C)c1ccc(N2C[C@H](N(C)S(C)(=O)=O)[C@H]2C)c2cnc(Nc3ccnc(-c4cnccc4OCc4ccccc4)n3)cc12. The number of nitrogens with zero attached hydrogens (tertiary/aromatic N) is 6. The zero-order chi connectivity index (χ0) is 38.8. The van der Waals surface area contributed by atoms with Gasteiger partial charge in [0.15, 0.2) is 14.1 Å². The van der Waals surface area contributed by atoms with Crippen LogP contribution in [0.2, 0.25) is 18.1 Å². The van der Waals surface area contributed by atoms with E-state index in [-0.39, 0.29) is 23.0 Å². The number of sulfonamides is 1. The Bertz CT molecular complexity index is 2200. The number of hydrogen-bond donors (Lipinski definition) is 1. The Hall–Kier alpha value is -4.43. The van der Waals surface area contributed by atoms with Crippen LogP contribution in [0.15, 0.2) is 85.5 Å². The van der Waals surface area contributed by atoms with Gasteiger partial charge in [-0.1, -0.05) is 64.1 Å². The van der Waals surface area contributed by atoms with E-state index < -0.39 is 18.3 Å². The minimum atomic E-state index is -3.31. The molecule has 0 radical (unpaired) electrons. The summed E-state index contributed by atoms with van der Waals surface area (Å²) in [5.74, 6) is 2.57. The Labute approximate surface area is 321 Å². The number of aromatic nitrogens is 4. The molecule has 2 aromatic carbocycles. The van der Waals surface area contributed by atoms with Gasteiger partial charge in [0.1, 0.15) is 24.0 Å². The predicted octanol–water partition coefficient (Wildman–Crippen LogP) is 8.39. The molecule has 1 unspecified atom stereocenters. The van der Waals surface area contributed by atoms with Gasteiger partial charge >= 0.3 is 0 Å². The standard InChI is InChI=1S/C41H53N7O4SSi/c1-28(19-22-52-54(8,9)41(3,4)5)31-15-16-35(48-26-36(29(48)2)47(6)53(7,49)50)33-25-44-39(23-32(31)33)45-38-18-21-43-40(46-38)34-24-42-20-17-37(34)51-27-30-13-11-10-12-14-30/h10-18,20-21,23-25,28-29,36H,19,22,26-27H2,1-9H3,(H,43,44,45,46)/t28?,29-,36+/m1/s1. The summed E-state index contributed by atoms with van der Waals surface area (Å²) < 4.78 is 38.9. The lowest BCUT2D eigenvalue weighted by atomic mass is 9.90. The van der Waals surface area contributed by atoms with E-state index in [4.69, 9.17) is 19.1 Å². The molecule has 1 aliphatic rings. The summed E-state index contributed by atoms with van der Waals surface area (Å²) >= 11 is 0. The van der Waals surface area contributed by atoms with E-state index in [1.165, 1.54) is 16.1 Å². The summed E-state index contributed by atoms with van der Waals surface area (Å²) in [7, 11) is -3.54. The van der Waals surface area contributed by atoms with Crippen LogP contribution < -0.4 is 15.0 Å². The van der Waals surface area contributed by atoms with Gasteiger partial charge in [0.2, 0.25) is 10.0 Å². The van der Waals surface area contributed by atoms with E-state index in [9.17, 15) is 8.42 Å². The van der Waals surface area contributed by atoms with Crippen LogP contribution in [0.5, 0.6) is 5.75 Å². The van der Waals surface area contributed by atoms with Crippen LogP contribution in [-0.2, 0) is 21.1 Å². The molecule has 0 bridgehead atoms. The van der Waals surface area contributed by atoms with Crippen LogP contribution >= 0.6 is 0 Å². The molecule has 5 aromatic rings. The number of ether oxygens (including phenoxy) is 1. The van der Waals surface area contributed by atoms with Gasteiger partial charge < -0.3 is 19.4 Å². The maximum Gasteiger partial charge on any atom is 0.211 e. The van der Waals surface area contributed by atoms with E-state index in [0.717, 1.165) is 28.4 Å². The molecule has 3 atom stereocenters. The summed E-state index contributed by atoms with van der Waals surface area (Å²) in [6, 6.07) is 20.0. The Morgan fingerprint density at radius 1 is 1.00 bits per heavy atom. The zero-order valence-electron chi connectivity index (χ0n) is 32.9. The van der Waals surface area contributed by atoms with Crippen molar-refractivity contribution in [2.75, 3.05) is 36.7 Å². The molecule has 6 rings (SSSR count). The minimum absolute atomic E-state index is 0.000433.